The molecule has 3 heterocycles. The smallest absolute Gasteiger partial charge is 0.292 e. The maximum atomic E-state index is 13.5. The van der Waals surface area contributed by atoms with Gasteiger partial charge in [-0.15, -0.1) is 11.3 Å². The van der Waals surface area contributed by atoms with Crippen molar-refractivity contribution in [2.45, 2.75) is 26.2 Å². The van der Waals surface area contributed by atoms with E-state index < -0.39 is 0 Å². The number of hydrogen-bond acceptors (Lipinski definition) is 6. The van der Waals surface area contributed by atoms with Crippen LogP contribution < -0.4 is 10.3 Å². The van der Waals surface area contributed by atoms with Crippen LogP contribution in [0.1, 0.15) is 29.1 Å². The minimum Gasteiger partial charge on any atom is -0.497 e. The first-order valence-corrected chi connectivity index (χ1v) is 12.5. The molecule has 5 aromatic rings. The van der Waals surface area contributed by atoms with Crippen molar-refractivity contribution in [1.29, 1.82) is 0 Å². The number of rotatable bonds is 4. The molecule has 35 heavy (non-hydrogen) atoms. The van der Waals surface area contributed by atoms with E-state index in [4.69, 9.17) is 26.3 Å². The molecule has 0 bridgehead atoms. The Kier molecular flexibility index (Phi) is 5.39. The van der Waals surface area contributed by atoms with E-state index in [9.17, 15) is 4.79 Å². The minimum atomic E-state index is -0.193. The van der Waals surface area contributed by atoms with Gasteiger partial charge in [0.25, 0.3) is 5.56 Å². The predicted molar refractivity (Wildman–Crippen MR) is 142 cm³/mol. The van der Waals surface area contributed by atoms with Crippen molar-refractivity contribution in [3.8, 4) is 16.9 Å². The minimum absolute atomic E-state index is 0.193. The molecule has 0 aliphatic heterocycles. The lowest BCUT2D eigenvalue weighted by Crippen LogP contribution is -2.19. The van der Waals surface area contributed by atoms with Crippen molar-refractivity contribution in [2.24, 2.45) is 5.10 Å². The third-order valence-electron chi connectivity index (χ3n) is 6.38. The van der Waals surface area contributed by atoms with Crippen LogP contribution in [-0.2, 0) is 12.8 Å². The Morgan fingerprint density at radius 3 is 2.60 bits per heavy atom. The second-order valence-corrected chi connectivity index (χ2v) is 9.96. The Hall–Kier alpha value is -3.55. The van der Waals surface area contributed by atoms with Gasteiger partial charge in [-0.25, -0.2) is 9.97 Å². The van der Waals surface area contributed by atoms with Gasteiger partial charge in [-0.3, -0.25) is 4.79 Å². The molecule has 0 spiro atoms. The molecular formula is C27H21ClN4O2S. The predicted octanol–water partition coefficient (Wildman–Crippen LogP) is 6.01. The summed E-state index contributed by atoms with van der Waals surface area (Å²) in [4.78, 5) is 24.2. The summed E-state index contributed by atoms with van der Waals surface area (Å²) in [6.07, 6.45) is 4.64. The molecular weight excluding hydrogens is 480 g/mol. The number of fused-ring (bicyclic) bond motifs is 4. The van der Waals surface area contributed by atoms with Crippen molar-refractivity contribution in [1.82, 2.24) is 14.6 Å². The fourth-order valence-electron chi connectivity index (χ4n) is 4.70. The number of aryl methyl sites for hydroxylation is 2. The summed E-state index contributed by atoms with van der Waals surface area (Å²) in [6, 6.07) is 15.4. The Morgan fingerprint density at radius 1 is 1.09 bits per heavy atom. The number of ether oxygens (including phenoxy) is 1. The van der Waals surface area contributed by atoms with Crippen LogP contribution in [-0.4, -0.2) is 28.0 Å². The topological polar surface area (TPSA) is 69.4 Å². The van der Waals surface area contributed by atoms with Crippen LogP contribution in [0.2, 0.25) is 5.02 Å². The van der Waals surface area contributed by atoms with Crippen LogP contribution in [0.25, 0.3) is 31.6 Å². The summed E-state index contributed by atoms with van der Waals surface area (Å²) < 4.78 is 7.27. The first-order chi connectivity index (χ1) is 17.0. The Labute approximate surface area is 210 Å². The summed E-state index contributed by atoms with van der Waals surface area (Å²) in [5.41, 5.74) is 5.93. The fourth-order valence-corrected chi connectivity index (χ4v) is 5.89. The largest absolute Gasteiger partial charge is 0.497 e. The van der Waals surface area contributed by atoms with E-state index in [0.29, 0.717) is 21.1 Å². The SMILES string of the molecule is COc1ccc(-c2c3c(nc4sc5c(=O)n(/N=C/c6ccc(Cl)cc6)c(C)nc5c24)CCC3)cc1. The van der Waals surface area contributed by atoms with Crippen molar-refractivity contribution in [3.05, 3.63) is 86.6 Å². The Balaban J connectivity index is 1.58. The molecule has 0 atom stereocenters. The van der Waals surface area contributed by atoms with Crippen molar-refractivity contribution < 1.29 is 4.74 Å². The van der Waals surface area contributed by atoms with Crippen LogP contribution in [0.3, 0.4) is 0 Å². The lowest BCUT2D eigenvalue weighted by atomic mass is 9.96. The van der Waals surface area contributed by atoms with Gasteiger partial charge in [0.05, 0.1) is 18.8 Å². The highest BCUT2D eigenvalue weighted by Crippen LogP contribution is 2.43. The van der Waals surface area contributed by atoms with Crippen LogP contribution in [0.5, 0.6) is 5.75 Å². The number of methoxy groups -OCH3 is 1. The van der Waals surface area contributed by atoms with E-state index in [1.54, 1.807) is 32.4 Å². The summed E-state index contributed by atoms with van der Waals surface area (Å²) in [7, 11) is 1.66. The van der Waals surface area contributed by atoms with Gasteiger partial charge in [-0.2, -0.15) is 9.78 Å². The molecule has 0 radical (unpaired) electrons. The van der Waals surface area contributed by atoms with E-state index in [-0.39, 0.29) is 5.56 Å². The average Bonchev–Trinajstić information content (AvgIpc) is 3.48. The number of benzene rings is 2. The van der Waals surface area contributed by atoms with Gasteiger partial charge in [0.15, 0.2) is 0 Å². The third-order valence-corrected chi connectivity index (χ3v) is 7.69. The summed E-state index contributed by atoms with van der Waals surface area (Å²) >= 11 is 7.37. The van der Waals surface area contributed by atoms with Gasteiger partial charge in [0, 0.05) is 16.1 Å². The molecule has 0 N–H and O–H groups in total. The van der Waals surface area contributed by atoms with Crippen LogP contribution >= 0.6 is 22.9 Å². The molecule has 0 amide bonds. The first-order valence-electron chi connectivity index (χ1n) is 11.4. The number of hydrogen-bond donors (Lipinski definition) is 0. The van der Waals surface area contributed by atoms with E-state index >= 15 is 0 Å². The van der Waals surface area contributed by atoms with Gasteiger partial charge < -0.3 is 4.74 Å². The number of aromatic nitrogens is 3. The molecule has 6 rings (SSSR count). The number of thiophene rings is 1. The van der Waals surface area contributed by atoms with E-state index in [2.05, 4.69) is 17.2 Å². The highest BCUT2D eigenvalue weighted by Gasteiger charge is 2.25. The highest BCUT2D eigenvalue weighted by atomic mass is 35.5. The molecule has 174 valence electrons. The van der Waals surface area contributed by atoms with Crippen molar-refractivity contribution in [2.75, 3.05) is 7.11 Å². The molecule has 0 fully saturated rings. The summed E-state index contributed by atoms with van der Waals surface area (Å²) in [5.74, 6) is 1.33. The standard InChI is InChI=1S/C27H21ClN4O2S/c1-15-30-24-23-22(17-8-12-19(34-2)13-9-17)20-4-3-5-21(20)31-26(23)35-25(24)27(33)32(15)29-14-16-6-10-18(28)11-7-16/h6-14H,3-5H2,1-2H3/b29-14+. The normalized spacial score (nSPS) is 13.2. The lowest BCUT2D eigenvalue weighted by molar-refractivity contribution is 0.415. The number of nitrogens with zero attached hydrogens (tertiary/aromatic N) is 4. The molecule has 3 aromatic heterocycles. The summed E-state index contributed by atoms with van der Waals surface area (Å²) in [6.45, 7) is 1.80. The maximum absolute atomic E-state index is 13.5. The van der Waals surface area contributed by atoms with Gasteiger partial charge in [0.2, 0.25) is 0 Å². The first kappa shape index (κ1) is 21.9. The zero-order valence-electron chi connectivity index (χ0n) is 19.2. The molecule has 0 unspecified atom stereocenters. The molecule has 1 aliphatic rings. The zero-order chi connectivity index (χ0) is 24.1. The van der Waals surface area contributed by atoms with Gasteiger partial charge in [-0.05, 0) is 72.7 Å². The van der Waals surface area contributed by atoms with Crippen LogP contribution in [0.15, 0.2) is 58.4 Å². The van der Waals surface area contributed by atoms with Gasteiger partial charge in [0.1, 0.15) is 21.1 Å². The molecule has 1 aliphatic carbocycles. The Morgan fingerprint density at radius 2 is 1.86 bits per heavy atom. The molecule has 2 aromatic carbocycles. The number of pyridine rings is 1. The second kappa shape index (κ2) is 8.59. The maximum Gasteiger partial charge on any atom is 0.292 e. The lowest BCUT2D eigenvalue weighted by Gasteiger charge is -2.12. The van der Waals surface area contributed by atoms with Gasteiger partial charge in [-0.1, -0.05) is 35.9 Å². The molecule has 0 saturated heterocycles. The summed E-state index contributed by atoms with van der Waals surface area (Å²) in [5, 5.41) is 6.03. The monoisotopic (exact) mass is 500 g/mol. The second-order valence-electron chi connectivity index (χ2n) is 8.53. The van der Waals surface area contributed by atoms with Gasteiger partial charge >= 0.3 is 0 Å². The van der Waals surface area contributed by atoms with E-state index in [0.717, 1.165) is 57.6 Å². The fraction of sp³-hybridized carbons (Fsp3) is 0.185. The number of halogens is 1. The highest BCUT2D eigenvalue weighted by molar-refractivity contribution is 7.25. The van der Waals surface area contributed by atoms with E-state index in [1.807, 2.05) is 24.3 Å². The zero-order valence-corrected chi connectivity index (χ0v) is 20.8. The Bertz CT molecular complexity index is 1690. The molecule has 6 nitrogen and oxygen atoms in total. The van der Waals surface area contributed by atoms with Crippen molar-refractivity contribution >= 4 is 49.6 Å². The quantitative estimate of drug-likeness (QED) is 0.283. The van der Waals surface area contributed by atoms with Crippen LogP contribution in [0.4, 0.5) is 0 Å². The van der Waals surface area contributed by atoms with Crippen molar-refractivity contribution in [3.63, 3.8) is 0 Å². The average molecular weight is 501 g/mol. The molecule has 8 heteroatoms. The molecule has 0 saturated carbocycles. The van der Waals surface area contributed by atoms with Crippen LogP contribution in [0, 0.1) is 6.92 Å². The third kappa shape index (κ3) is 3.72. The van der Waals surface area contributed by atoms with E-state index in [1.165, 1.54) is 21.6 Å².